The molecule has 12 heteroatoms. The van der Waals surface area contributed by atoms with Crippen molar-refractivity contribution in [1.29, 1.82) is 0 Å². The summed E-state index contributed by atoms with van der Waals surface area (Å²) in [4.78, 5) is 55.3. The fourth-order valence-corrected chi connectivity index (χ4v) is 6.25. The Labute approximate surface area is 294 Å². The van der Waals surface area contributed by atoms with Gasteiger partial charge in [-0.15, -0.1) is 0 Å². The van der Waals surface area contributed by atoms with Crippen LogP contribution in [0.25, 0.3) is 0 Å². The molecule has 4 N–H and O–H groups in total. The zero-order valence-corrected chi connectivity index (χ0v) is 31.1. The van der Waals surface area contributed by atoms with Crippen LogP contribution in [0.15, 0.2) is 24.3 Å². The highest BCUT2D eigenvalue weighted by Crippen LogP contribution is 2.36. The highest BCUT2D eigenvalue weighted by atomic mass is 31.2. The number of rotatable bonds is 29. The summed E-state index contributed by atoms with van der Waals surface area (Å²) < 4.78 is 26.2. The minimum atomic E-state index is -4.82. The molecule has 1 rings (SSSR count). The van der Waals surface area contributed by atoms with E-state index in [-0.39, 0.29) is 43.5 Å². The van der Waals surface area contributed by atoms with Crippen molar-refractivity contribution in [2.45, 2.75) is 161 Å². The largest absolute Gasteiger partial charge is 0.469 e. The maximum Gasteiger partial charge on any atom is 0.469 e. The third-order valence-electron chi connectivity index (χ3n) is 8.77. The van der Waals surface area contributed by atoms with Crippen LogP contribution in [0.3, 0.4) is 0 Å². The van der Waals surface area contributed by atoms with Gasteiger partial charge in [0.1, 0.15) is 12.4 Å². The summed E-state index contributed by atoms with van der Waals surface area (Å²) in [5.41, 5.74) is 0. The number of Topliss-reactive ketones (excluding diaryl/α,β-unsaturated/α-hetero) is 1. The van der Waals surface area contributed by atoms with Gasteiger partial charge in [0.2, 0.25) is 0 Å². The number of ether oxygens (including phenoxy) is 2. The molecule has 0 spiro atoms. The third kappa shape index (κ3) is 24.0. The number of esters is 2. The summed E-state index contributed by atoms with van der Waals surface area (Å²) in [6.07, 6.45) is 20.0. The fourth-order valence-electron chi connectivity index (χ4n) is 5.89. The van der Waals surface area contributed by atoms with Gasteiger partial charge in [0.25, 0.3) is 0 Å². The second kappa shape index (κ2) is 26.9. The number of aliphatic hydroxyl groups is 2. The second-order valence-electron chi connectivity index (χ2n) is 13.8. The van der Waals surface area contributed by atoms with Crippen LogP contribution in [0, 0.1) is 17.8 Å². The number of carbonyl (C=O) groups is 3. The Balaban J connectivity index is 2.38. The second-order valence-corrected chi connectivity index (χ2v) is 15.1. The topological polar surface area (TPSA) is 177 Å². The molecule has 11 nitrogen and oxygen atoms in total. The predicted molar refractivity (Wildman–Crippen MR) is 189 cm³/mol. The number of unbranched alkanes of at least 4 members (excludes halogenated alkanes) is 10. The number of phosphoric acid groups is 1. The molecule has 49 heavy (non-hydrogen) atoms. The molecular weight excluding hydrogens is 651 g/mol. The lowest BCUT2D eigenvalue weighted by Gasteiger charge is -2.18. The van der Waals surface area contributed by atoms with Crippen molar-refractivity contribution in [3.05, 3.63) is 24.3 Å². The lowest BCUT2D eigenvalue weighted by atomic mass is 9.90. The third-order valence-corrected chi connectivity index (χ3v) is 9.25. The summed E-state index contributed by atoms with van der Waals surface area (Å²) in [6.45, 7) is 5.60. The van der Waals surface area contributed by atoms with E-state index >= 15 is 0 Å². The monoisotopic (exact) mass is 716 g/mol. The average Bonchev–Trinajstić information content (AvgIpc) is 3.30. The molecule has 0 aromatic rings. The number of phosphoric ester groups is 1. The van der Waals surface area contributed by atoms with Crippen molar-refractivity contribution in [3.63, 3.8) is 0 Å². The molecule has 0 heterocycles. The van der Waals surface area contributed by atoms with Gasteiger partial charge in [-0.3, -0.25) is 18.9 Å². The van der Waals surface area contributed by atoms with E-state index in [0.29, 0.717) is 32.1 Å². The van der Waals surface area contributed by atoms with Gasteiger partial charge >= 0.3 is 19.8 Å². The first-order valence-corrected chi connectivity index (χ1v) is 20.1. The zero-order valence-electron chi connectivity index (χ0n) is 30.2. The summed E-state index contributed by atoms with van der Waals surface area (Å²) in [7, 11) is -4.82. The van der Waals surface area contributed by atoms with Crippen LogP contribution in [0.5, 0.6) is 0 Å². The van der Waals surface area contributed by atoms with E-state index in [9.17, 15) is 29.2 Å². The molecule has 0 bridgehead atoms. The summed E-state index contributed by atoms with van der Waals surface area (Å²) in [6, 6.07) is 0. The number of ketones is 1. The number of hydrogen-bond donors (Lipinski definition) is 4. The Hall–Kier alpha value is -1.88. The highest BCUT2D eigenvalue weighted by Gasteiger charge is 2.39. The molecule has 0 aromatic carbocycles. The molecular formula is C37H65O11P. The van der Waals surface area contributed by atoms with Crippen LogP contribution < -0.4 is 0 Å². The van der Waals surface area contributed by atoms with Crippen molar-refractivity contribution in [2.24, 2.45) is 17.8 Å². The Bertz CT molecular complexity index is 1020. The number of hydrogen-bond acceptors (Lipinski definition) is 9. The van der Waals surface area contributed by atoms with Crippen LogP contribution in [0.1, 0.15) is 143 Å². The first-order chi connectivity index (χ1) is 23.3. The minimum absolute atomic E-state index is 0.0154. The predicted octanol–water partition coefficient (Wildman–Crippen LogP) is 7.29. The maximum atomic E-state index is 12.5. The van der Waals surface area contributed by atoms with E-state index in [1.54, 1.807) is 12.2 Å². The first-order valence-electron chi connectivity index (χ1n) is 18.6. The zero-order chi connectivity index (χ0) is 36.5. The van der Waals surface area contributed by atoms with E-state index in [2.05, 4.69) is 25.3 Å². The Morgan fingerprint density at radius 1 is 0.878 bits per heavy atom. The van der Waals surface area contributed by atoms with Crippen LogP contribution in [0.4, 0.5) is 0 Å². The number of carbonyl (C=O) groups excluding carboxylic acids is 3. The first kappa shape index (κ1) is 45.1. The van der Waals surface area contributed by atoms with Crippen molar-refractivity contribution in [2.75, 3.05) is 13.2 Å². The Kier molecular flexibility index (Phi) is 24.7. The SMILES string of the molecule is CCCCC[C@H](O)/C=C/[C@H]1[C@H](O)CC(=O)[C@@H]1C/C=C\CCCC(=O)O[C@H](COC(=O)CCCCCCCCCCC(C)C)COP(=O)(O)O. The van der Waals surface area contributed by atoms with Crippen LogP contribution in [-0.2, 0) is 32.9 Å². The molecule has 0 aromatic heterocycles. The molecule has 1 saturated carbocycles. The van der Waals surface area contributed by atoms with E-state index in [1.165, 1.54) is 32.1 Å². The van der Waals surface area contributed by atoms with E-state index in [1.807, 2.05) is 12.2 Å². The van der Waals surface area contributed by atoms with Gasteiger partial charge in [-0.25, -0.2) is 4.57 Å². The lowest BCUT2D eigenvalue weighted by molar-refractivity contribution is -0.161. The summed E-state index contributed by atoms with van der Waals surface area (Å²) in [5.74, 6) is -1.08. The van der Waals surface area contributed by atoms with Crippen molar-refractivity contribution in [1.82, 2.24) is 0 Å². The van der Waals surface area contributed by atoms with Gasteiger partial charge in [0.05, 0.1) is 18.8 Å². The summed E-state index contributed by atoms with van der Waals surface area (Å²) in [5, 5.41) is 20.6. The molecule has 0 saturated heterocycles. The van der Waals surface area contributed by atoms with Gasteiger partial charge in [-0.1, -0.05) is 116 Å². The number of allylic oxidation sites excluding steroid dienone is 2. The van der Waals surface area contributed by atoms with E-state index in [0.717, 1.165) is 44.4 Å². The maximum absolute atomic E-state index is 12.5. The van der Waals surface area contributed by atoms with Gasteiger partial charge < -0.3 is 29.5 Å². The van der Waals surface area contributed by atoms with Crippen LogP contribution >= 0.6 is 7.82 Å². The van der Waals surface area contributed by atoms with Gasteiger partial charge in [-0.05, 0) is 38.0 Å². The fraction of sp³-hybridized carbons (Fsp3) is 0.811. The van der Waals surface area contributed by atoms with Crippen molar-refractivity contribution < 1.29 is 52.9 Å². The van der Waals surface area contributed by atoms with Gasteiger partial charge in [-0.2, -0.15) is 0 Å². The standard InChI is InChI=1S/C37H65O11P/c1-4-5-14-20-30(38)24-25-33-32(34(39)26-35(33)40)21-16-12-13-18-23-37(42)48-31(28-47-49(43,44)45)27-46-36(41)22-17-11-9-7-6-8-10-15-19-29(2)3/h12,16,24-25,29-33,35,38,40H,4-11,13-15,17-23,26-28H2,1-3H3,(H2,43,44,45)/b16-12-,25-24+/t30-,31+,32+,33+,35+/m0/s1. The van der Waals surface area contributed by atoms with Crippen LogP contribution in [-0.4, -0.2) is 69.2 Å². The summed E-state index contributed by atoms with van der Waals surface area (Å²) >= 11 is 0. The molecule has 1 aliphatic carbocycles. The van der Waals surface area contributed by atoms with Crippen LogP contribution in [0.2, 0.25) is 0 Å². The van der Waals surface area contributed by atoms with Gasteiger partial charge in [0.15, 0.2) is 6.10 Å². The Morgan fingerprint density at radius 2 is 1.51 bits per heavy atom. The van der Waals surface area contributed by atoms with E-state index in [4.69, 9.17) is 19.3 Å². The average molecular weight is 717 g/mol. The highest BCUT2D eigenvalue weighted by molar-refractivity contribution is 7.46. The smallest absolute Gasteiger partial charge is 0.462 e. The van der Waals surface area contributed by atoms with Gasteiger partial charge in [0, 0.05) is 31.1 Å². The van der Waals surface area contributed by atoms with E-state index < -0.39 is 44.7 Å². The molecule has 0 radical (unpaired) electrons. The molecule has 0 amide bonds. The minimum Gasteiger partial charge on any atom is -0.462 e. The molecule has 5 atom stereocenters. The van der Waals surface area contributed by atoms with Crippen molar-refractivity contribution in [3.8, 4) is 0 Å². The molecule has 0 unspecified atom stereocenters. The number of aliphatic hydroxyl groups excluding tert-OH is 2. The molecule has 0 aliphatic heterocycles. The molecule has 1 fully saturated rings. The molecule has 1 aliphatic rings. The Morgan fingerprint density at radius 3 is 2.16 bits per heavy atom. The molecule has 284 valence electrons. The van der Waals surface area contributed by atoms with Crippen molar-refractivity contribution >= 4 is 25.5 Å². The quantitative estimate of drug-likeness (QED) is 0.0265. The lowest BCUT2D eigenvalue weighted by Crippen LogP contribution is -2.29. The normalized spacial score (nSPS) is 19.7.